The normalized spacial score (nSPS) is 38.7. The van der Waals surface area contributed by atoms with Crippen LogP contribution < -0.4 is 5.73 Å². The van der Waals surface area contributed by atoms with E-state index in [-0.39, 0.29) is 0 Å². The maximum Gasteiger partial charge on any atom is 0.323 e. The van der Waals surface area contributed by atoms with Crippen LogP contribution >= 0.6 is 0 Å². The molecule has 9 heteroatoms. The fourth-order valence-corrected chi connectivity index (χ4v) is 1.68. The highest BCUT2D eigenvalue weighted by atomic mass is 16.7. The summed E-state index contributed by atoms with van der Waals surface area (Å²) >= 11 is 0. The van der Waals surface area contributed by atoms with Gasteiger partial charge in [0.25, 0.3) is 0 Å². The number of rotatable bonds is 5. The van der Waals surface area contributed by atoms with Crippen LogP contribution in [-0.2, 0) is 14.3 Å². The van der Waals surface area contributed by atoms with Crippen molar-refractivity contribution in [1.82, 2.24) is 0 Å². The quantitative estimate of drug-likeness (QED) is 0.301. The van der Waals surface area contributed by atoms with E-state index in [2.05, 4.69) is 0 Å². The van der Waals surface area contributed by atoms with Crippen LogP contribution in [0.3, 0.4) is 0 Å². The highest BCUT2D eigenvalue weighted by Gasteiger charge is 2.45. The highest BCUT2D eigenvalue weighted by molar-refractivity contribution is 5.73. The first-order valence-corrected chi connectivity index (χ1v) is 5.74. The number of carbonyl (C=O) groups is 1. The standard InChI is InChI=1S/C10H19NO8/c1-3(5(11)9(16)17)18-10-8(15)7(14)6(13)4(2-12)19-10/h3-8,10,12-15H,2,11H2,1H3,(H,16,17)/t3?,4-,5+,6-,7+,8+,10+/m1/s1. The maximum atomic E-state index is 10.7. The molecule has 0 aromatic heterocycles. The third-order valence-corrected chi connectivity index (χ3v) is 2.99. The van der Waals surface area contributed by atoms with Gasteiger partial charge in [-0.2, -0.15) is 0 Å². The van der Waals surface area contributed by atoms with Crippen molar-refractivity contribution in [3.05, 3.63) is 0 Å². The van der Waals surface area contributed by atoms with Gasteiger partial charge in [-0.1, -0.05) is 0 Å². The second-order valence-corrected chi connectivity index (χ2v) is 4.40. The smallest absolute Gasteiger partial charge is 0.323 e. The number of ether oxygens (including phenoxy) is 2. The van der Waals surface area contributed by atoms with Crippen molar-refractivity contribution in [2.24, 2.45) is 5.73 Å². The zero-order valence-corrected chi connectivity index (χ0v) is 10.3. The molecule has 1 aliphatic heterocycles. The summed E-state index contributed by atoms with van der Waals surface area (Å²) in [7, 11) is 0. The minimum absolute atomic E-state index is 0.593. The maximum absolute atomic E-state index is 10.7. The molecule has 0 aromatic rings. The molecule has 1 fully saturated rings. The minimum atomic E-state index is -1.58. The number of carboxylic acid groups (broad SMARTS) is 1. The van der Waals surface area contributed by atoms with E-state index in [0.29, 0.717) is 0 Å². The number of aliphatic hydroxyl groups excluding tert-OH is 4. The van der Waals surface area contributed by atoms with Crippen LogP contribution in [0.2, 0.25) is 0 Å². The summed E-state index contributed by atoms with van der Waals surface area (Å²) in [5, 5.41) is 46.4. The molecule has 112 valence electrons. The van der Waals surface area contributed by atoms with Crippen LogP contribution in [-0.4, -0.2) is 81.0 Å². The Kier molecular flexibility index (Phi) is 5.62. The first kappa shape index (κ1) is 16.2. The molecule has 1 saturated heterocycles. The molecule has 0 aromatic carbocycles. The van der Waals surface area contributed by atoms with E-state index in [0.717, 1.165) is 0 Å². The summed E-state index contributed by atoms with van der Waals surface area (Å²) < 4.78 is 10.2. The molecular formula is C10H19NO8. The van der Waals surface area contributed by atoms with Crippen LogP contribution in [0.1, 0.15) is 6.92 Å². The van der Waals surface area contributed by atoms with Gasteiger partial charge < -0.3 is 40.7 Å². The van der Waals surface area contributed by atoms with Gasteiger partial charge in [-0.15, -0.1) is 0 Å². The molecular weight excluding hydrogens is 262 g/mol. The fraction of sp³-hybridized carbons (Fsp3) is 0.900. The molecule has 0 saturated carbocycles. The van der Waals surface area contributed by atoms with Crippen LogP contribution in [0.5, 0.6) is 0 Å². The van der Waals surface area contributed by atoms with Gasteiger partial charge in [0.1, 0.15) is 30.5 Å². The fourth-order valence-electron chi connectivity index (χ4n) is 1.68. The minimum Gasteiger partial charge on any atom is -0.480 e. The average Bonchev–Trinajstić information content (AvgIpc) is 2.38. The summed E-state index contributed by atoms with van der Waals surface area (Å²) in [6, 6.07) is -1.34. The molecule has 19 heavy (non-hydrogen) atoms. The zero-order chi connectivity index (χ0) is 14.7. The summed E-state index contributed by atoms with van der Waals surface area (Å²) in [4.78, 5) is 10.7. The van der Waals surface area contributed by atoms with Crippen molar-refractivity contribution in [1.29, 1.82) is 0 Å². The largest absolute Gasteiger partial charge is 0.480 e. The van der Waals surface area contributed by atoms with Crippen molar-refractivity contribution in [3.8, 4) is 0 Å². The zero-order valence-electron chi connectivity index (χ0n) is 10.3. The van der Waals surface area contributed by atoms with Crippen LogP contribution in [0.15, 0.2) is 0 Å². The molecule has 1 unspecified atom stereocenters. The first-order chi connectivity index (χ1) is 8.79. The third kappa shape index (κ3) is 3.60. The molecule has 0 radical (unpaired) electrons. The van der Waals surface area contributed by atoms with Gasteiger partial charge >= 0.3 is 5.97 Å². The monoisotopic (exact) mass is 281 g/mol. The molecule has 9 nitrogen and oxygen atoms in total. The third-order valence-electron chi connectivity index (χ3n) is 2.99. The molecule has 1 aliphatic rings. The van der Waals surface area contributed by atoms with Crippen molar-refractivity contribution in [2.75, 3.05) is 6.61 Å². The Morgan fingerprint density at radius 1 is 1.32 bits per heavy atom. The van der Waals surface area contributed by atoms with Gasteiger partial charge in [0.15, 0.2) is 6.29 Å². The number of hydrogen-bond acceptors (Lipinski definition) is 8. The summed E-state index contributed by atoms with van der Waals surface area (Å²) in [6.07, 6.45) is -8.17. The molecule has 7 N–H and O–H groups in total. The molecule has 0 spiro atoms. The Morgan fingerprint density at radius 3 is 2.37 bits per heavy atom. The molecule has 1 rings (SSSR count). The molecule has 1 heterocycles. The van der Waals surface area contributed by atoms with Gasteiger partial charge in [-0.05, 0) is 6.92 Å². The summed E-state index contributed by atoms with van der Waals surface area (Å²) in [6.45, 7) is 0.768. The van der Waals surface area contributed by atoms with Crippen molar-refractivity contribution in [2.45, 2.75) is 49.8 Å². The molecule has 0 bridgehead atoms. The van der Waals surface area contributed by atoms with Crippen molar-refractivity contribution in [3.63, 3.8) is 0 Å². The van der Waals surface area contributed by atoms with E-state index in [9.17, 15) is 20.1 Å². The number of aliphatic carboxylic acids is 1. The number of carboxylic acids is 1. The topological polar surface area (TPSA) is 163 Å². The number of hydrogen-bond donors (Lipinski definition) is 6. The Labute approximate surface area is 109 Å². The first-order valence-electron chi connectivity index (χ1n) is 5.74. The molecule has 7 atom stereocenters. The van der Waals surface area contributed by atoms with E-state index in [1.165, 1.54) is 6.92 Å². The van der Waals surface area contributed by atoms with E-state index in [4.69, 9.17) is 25.4 Å². The Balaban J connectivity index is 2.69. The van der Waals surface area contributed by atoms with Crippen LogP contribution in [0.25, 0.3) is 0 Å². The molecule has 0 amide bonds. The van der Waals surface area contributed by atoms with E-state index in [1.807, 2.05) is 0 Å². The van der Waals surface area contributed by atoms with Gasteiger partial charge in [0.05, 0.1) is 12.7 Å². The van der Waals surface area contributed by atoms with E-state index in [1.54, 1.807) is 0 Å². The molecule has 0 aliphatic carbocycles. The average molecular weight is 281 g/mol. The van der Waals surface area contributed by atoms with Crippen LogP contribution in [0, 0.1) is 0 Å². The SMILES string of the molecule is CC(O[C@H]1O[C@H](CO)[C@@H](O)[C@H](O)[C@@H]1O)[C@H](N)C(=O)O. The van der Waals surface area contributed by atoms with Gasteiger partial charge in [-0.25, -0.2) is 0 Å². The predicted octanol–water partition coefficient (Wildman–Crippen LogP) is -3.40. The summed E-state index contributed by atoms with van der Waals surface area (Å²) in [5.74, 6) is -1.29. The Morgan fingerprint density at radius 2 is 1.89 bits per heavy atom. The lowest BCUT2D eigenvalue weighted by Crippen LogP contribution is -2.60. The van der Waals surface area contributed by atoms with Crippen LogP contribution in [0.4, 0.5) is 0 Å². The second kappa shape index (κ2) is 6.57. The van der Waals surface area contributed by atoms with E-state index < -0.39 is 55.4 Å². The second-order valence-electron chi connectivity index (χ2n) is 4.40. The van der Waals surface area contributed by atoms with Gasteiger partial charge in [0, 0.05) is 0 Å². The lowest BCUT2D eigenvalue weighted by atomic mass is 9.99. The van der Waals surface area contributed by atoms with Crippen molar-refractivity contribution < 1.29 is 39.8 Å². The van der Waals surface area contributed by atoms with Gasteiger partial charge in [0.2, 0.25) is 0 Å². The summed E-state index contributed by atoms with van der Waals surface area (Å²) in [5.41, 5.74) is 5.33. The number of nitrogens with two attached hydrogens (primary N) is 1. The van der Waals surface area contributed by atoms with E-state index >= 15 is 0 Å². The Hall–Kier alpha value is -0.810. The predicted molar refractivity (Wildman–Crippen MR) is 59.9 cm³/mol. The highest BCUT2D eigenvalue weighted by Crippen LogP contribution is 2.23. The van der Waals surface area contributed by atoms with Gasteiger partial charge in [-0.3, -0.25) is 4.79 Å². The number of aliphatic hydroxyl groups is 4. The van der Waals surface area contributed by atoms with Crippen molar-refractivity contribution >= 4 is 5.97 Å². The Bertz CT molecular complexity index is 312. The lowest BCUT2D eigenvalue weighted by molar-refractivity contribution is -0.310. The lowest BCUT2D eigenvalue weighted by Gasteiger charge is -2.40.